The number of rotatable bonds is 7. The number of anilines is 2. The third kappa shape index (κ3) is 7.93. The number of carbonyl (C=O) groups is 3. The van der Waals surface area contributed by atoms with Crippen LogP contribution in [0.3, 0.4) is 0 Å². The van der Waals surface area contributed by atoms with E-state index in [4.69, 9.17) is 39.5 Å². The molecule has 0 radical (unpaired) electrons. The van der Waals surface area contributed by atoms with Gasteiger partial charge in [0.1, 0.15) is 0 Å². The summed E-state index contributed by atoms with van der Waals surface area (Å²) in [6, 6.07) is 6.87. The fourth-order valence-electron chi connectivity index (χ4n) is 2.22. The molecular formula is C19H14Cl3F3N2O4. The zero-order valence-corrected chi connectivity index (χ0v) is 17.8. The highest BCUT2D eigenvalue weighted by molar-refractivity contribution is 6.35. The average Bonchev–Trinajstić information content (AvgIpc) is 2.68. The van der Waals surface area contributed by atoms with E-state index in [1.54, 1.807) is 0 Å². The maximum absolute atomic E-state index is 12.7. The Balaban J connectivity index is 1.80. The van der Waals surface area contributed by atoms with Crippen LogP contribution in [0.15, 0.2) is 36.4 Å². The summed E-state index contributed by atoms with van der Waals surface area (Å²) in [6.45, 7) is -0.771. The van der Waals surface area contributed by atoms with E-state index < -0.39 is 36.1 Å². The Morgan fingerprint density at radius 1 is 0.839 bits per heavy atom. The number of halogens is 6. The highest BCUT2D eigenvalue weighted by atomic mass is 35.5. The maximum Gasteiger partial charge on any atom is 0.416 e. The van der Waals surface area contributed by atoms with Gasteiger partial charge in [0.25, 0.3) is 5.91 Å². The topological polar surface area (TPSA) is 84.5 Å². The number of nitrogens with one attached hydrogen (secondary N) is 2. The predicted molar refractivity (Wildman–Crippen MR) is 110 cm³/mol. The number of ether oxygens (including phenoxy) is 1. The lowest BCUT2D eigenvalue weighted by molar-refractivity contribution is -0.147. The highest BCUT2D eigenvalue weighted by Crippen LogP contribution is 2.33. The van der Waals surface area contributed by atoms with E-state index in [-0.39, 0.29) is 34.3 Å². The van der Waals surface area contributed by atoms with Crippen LogP contribution in [-0.4, -0.2) is 24.4 Å². The van der Waals surface area contributed by atoms with Gasteiger partial charge in [-0.25, -0.2) is 0 Å². The van der Waals surface area contributed by atoms with Crippen LogP contribution in [-0.2, 0) is 25.3 Å². The number of amides is 2. The van der Waals surface area contributed by atoms with Crippen LogP contribution < -0.4 is 10.6 Å². The SMILES string of the molecule is O=C(CCC(=O)OCC(=O)Nc1cc(C(F)(F)F)ccc1Cl)Nc1cc(Cl)ccc1Cl. The molecule has 0 saturated heterocycles. The largest absolute Gasteiger partial charge is 0.456 e. The summed E-state index contributed by atoms with van der Waals surface area (Å²) < 4.78 is 43.0. The van der Waals surface area contributed by atoms with Gasteiger partial charge in [-0.05, 0) is 36.4 Å². The van der Waals surface area contributed by atoms with E-state index in [0.29, 0.717) is 11.1 Å². The van der Waals surface area contributed by atoms with Crippen LogP contribution in [0, 0.1) is 0 Å². The standard InChI is InChI=1S/C19H14Cl3F3N2O4/c20-11-2-4-13(22)15(8-11)26-16(28)5-6-18(30)31-9-17(29)27-14-7-10(19(23,24)25)1-3-12(14)21/h1-4,7-8H,5-6,9H2,(H,26,28)(H,27,29). The minimum absolute atomic E-state index is 0.121. The first kappa shape index (κ1) is 24.8. The average molecular weight is 498 g/mol. The normalized spacial score (nSPS) is 11.0. The number of hydrogen-bond acceptors (Lipinski definition) is 4. The highest BCUT2D eigenvalue weighted by Gasteiger charge is 2.31. The van der Waals surface area contributed by atoms with Gasteiger partial charge in [-0.1, -0.05) is 34.8 Å². The zero-order chi connectivity index (χ0) is 23.2. The van der Waals surface area contributed by atoms with Crippen LogP contribution in [0.4, 0.5) is 24.5 Å². The van der Waals surface area contributed by atoms with E-state index in [2.05, 4.69) is 10.6 Å². The second-order valence-corrected chi connectivity index (χ2v) is 7.32. The van der Waals surface area contributed by atoms with E-state index >= 15 is 0 Å². The summed E-state index contributed by atoms with van der Waals surface area (Å²) in [5.74, 6) is -2.30. The van der Waals surface area contributed by atoms with E-state index in [0.717, 1.165) is 12.1 Å². The molecule has 2 aromatic rings. The van der Waals surface area contributed by atoms with Crippen molar-refractivity contribution in [3.63, 3.8) is 0 Å². The lowest BCUT2D eigenvalue weighted by atomic mass is 10.2. The van der Waals surface area contributed by atoms with Crippen molar-refractivity contribution in [2.45, 2.75) is 19.0 Å². The van der Waals surface area contributed by atoms with Gasteiger partial charge in [-0.15, -0.1) is 0 Å². The number of benzene rings is 2. The van der Waals surface area contributed by atoms with Crippen LogP contribution in [0.2, 0.25) is 15.1 Å². The molecule has 0 aromatic heterocycles. The van der Waals surface area contributed by atoms with Gasteiger partial charge in [0.2, 0.25) is 5.91 Å². The van der Waals surface area contributed by atoms with Crippen molar-refractivity contribution in [2.75, 3.05) is 17.2 Å². The molecule has 0 aliphatic carbocycles. The molecule has 0 bridgehead atoms. The summed E-state index contributed by atoms with van der Waals surface area (Å²) in [4.78, 5) is 35.5. The first-order chi connectivity index (χ1) is 14.5. The van der Waals surface area contributed by atoms with Crippen LogP contribution in [0.25, 0.3) is 0 Å². The fourth-order valence-corrected chi connectivity index (χ4v) is 2.73. The van der Waals surface area contributed by atoms with Crippen molar-refractivity contribution in [1.82, 2.24) is 0 Å². The zero-order valence-electron chi connectivity index (χ0n) is 15.5. The molecule has 0 aliphatic heterocycles. The fraction of sp³-hybridized carbons (Fsp3) is 0.211. The molecule has 0 saturated carbocycles. The summed E-state index contributed by atoms with van der Waals surface area (Å²) in [5, 5.41) is 5.10. The number of esters is 1. The Labute approximate surface area is 189 Å². The third-order valence-corrected chi connectivity index (χ3v) is 4.58. The van der Waals surface area contributed by atoms with Gasteiger partial charge in [-0.2, -0.15) is 13.2 Å². The molecule has 2 amide bonds. The second kappa shape index (κ2) is 10.7. The molecule has 2 N–H and O–H groups in total. The molecule has 0 aliphatic rings. The number of alkyl halides is 3. The Morgan fingerprint density at radius 2 is 1.42 bits per heavy atom. The van der Waals surface area contributed by atoms with E-state index in [9.17, 15) is 27.6 Å². The van der Waals surface area contributed by atoms with Gasteiger partial charge in [0.05, 0.1) is 33.4 Å². The quantitative estimate of drug-likeness (QED) is 0.490. The molecule has 2 aromatic carbocycles. The first-order valence-electron chi connectivity index (χ1n) is 8.53. The van der Waals surface area contributed by atoms with Crippen molar-refractivity contribution >= 4 is 64.0 Å². The van der Waals surface area contributed by atoms with Gasteiger partial charge >= 0.3 is 12.1 Å². The van der Waals surface area contributed by atoms with Gasteiger partial charge in [-0.3, -0.25) is 14.4 Å². The number of hydrogen-bond donors (Lipinski definition) is 2. The van der Waals surface area contributed by atoms with Crippen molar-refractivity contribution in [3.8, 4) is 0 Å². The Hall–Kier alpha value is -2.49. The lowest BCUT2D eigenvalue weighted by Crippen LogP contribution is -2.22. The first-order valence-corrected chi connectivity index (χ1v) is 9.66. The van der Waals surface area contributed by atoms with Crippen molar-refractivity contribution in [2.24, 2.45) is 0 Å². The molecule has 0 atom stereocenters. The minimum atomic E-state index is -4.62. The summed E-state index contributed by atoms with van der Waals surface area (Å²) >= 11 is 17.5. The van der Waals surface area contributed by atoms with Crippen LogP contribution in [0.5, 0.6) is 0 Å². The smallest absolute Gasteiger partial charge is 0.416 e. The lowest BCUT2D eigenvalue weighted by Gasteiger charge is -2.12. The van der Waals surface area contributed by atoms with E-state index in [1.807, 2.05) is 0 Å². The minimum Gasteiger partial charge on any atom is -0.456 e. The molecule has 31 heavy (non-hydrogen) atoms. The monoisotopic (exact) mass is 496 g/mol. The van der Waals surface area contributed by atoms with Crippen molar-refractivity contribution in [1.29, 1.82) is 0 Å². The third-order valence-electron chi connectivity index (χ3n) is 3.69. The molecule has 0 spiro atoms. The van der Waals surface area contributed by atoms with Gasteiger partial charge in [0.15, 0.2) is 6.61 Å². The second-order valence-electron chi connectivity index (χ2n) is 6.07. The Kier molecular flexibility index (Phi) is 8.55. The summed E-state index contributed by atoms with van der Waals surface area (Å²) in [7, 11) is 0. The molecule has 166 valence electrons. The summed E-state index contributed by atoms with van der Waals surface area (Å²) in [5.41, 5.74) is -1.02. The Morgan fingerprint density at radius 3 is 2.06 bits per heavy atom. The number of carbonyl (C=O) groups excluding carboxylic acids is 3. The molecular weight excluding hydrogens is 484 g/mol. The van der Waals surface area contributed by atoms with E-state index in [1.165, 1.54) is 18.2 Å². The van der Waals surface area contributed by atoms with Crippen LogP contribution in [0.1, 0.15) is 18.4 Å². The maximum atomic E-state index is 12.7. The van der Waals surface area contributed by atoms with Crippen LogP contribution >= 0.6 is 34.8 Å². The summed E-state index contributed by atoms with van der Waals surface area (Å²) in [6.07, 6.45) is -5.23. The van der Waals surface area contributed by atoms with Gasteiger partial charge < -0.3 is 15.4 Å². The molecule has 0 fully saturated rings. The molecule has 12 heteroatoms. The predicted octanol–water partition coefficient (Wildman–Crippen LogP) is 5.57. The molecule has 6 nitrogen and oxygen atoms in total. The van der Waals surface area contributed by atoms with Crippen molar-refractivity contribution < 1.29 is 32.3 Å². The van der Waals surface area contributed by atoms with Crippen molar-refractivity contribution in [3.05, 3.63) is 57.0 Å². The van der Waals surface area contributed by atoms with Gasteiger partial charge in [0, 0.05) is 11.4 Å². The molecule has 2 rings (SSSR count). The Bertz CT molecular complexity index is 1000. The molecule has 0 heterocycles. The molecule has 0 unspecified atom stereocenters.